The molecule has 4 rings (SSSR count). The number of hydrogen-bond donors (Lipinski definition) is 5. The first-order valence-corrected chi connectivity index (χ1v) is 11.6. The van der Waals surface area contributed by atoms with Crippen LogP contribution in [-0.4, -0.2) is 100 Å². The van der Waals surface area contributed by atoms with Crippen LogP contribution in [0.3, 0.4) is 0 Å². The van der Waals surface area contributed by atoms with Crippen LogP contribution in [0.1, 0.15) is 25.0 Å². The van der Waals surface area contributed by atoms with Crippen molar-refractivity contribution in [1.29, 1.82) is 0 Å². The van der Waals surface area contributed by atoms with Crippen LogP contribution in [0.15, 0.2) is 30.5 Å². The molecule has 0 saturated heterocycles. The molecule has 1 aliphatic heterocycles. The summed E-state index contributed by atoms with van der Waals surface area (Å²) in [6, 6.07) is 6.82. The van der Waals surface area contributed by atoms with E-state index in [0.29, 0.717) is 6.04 Å². The minimum atomic E-state index is -1.11. The van der Waals surface area contributed by atoms with E-state index in [1.54, 1.807) is 0 Å². The summed E-state index contributed by atoms with van der Waals surface area (Å²) < 4.78 is 0. The summed E-state index contributed by atoms with van der Waals surface area (Å²) in [5.41, 5.74) is 4.10. The number of likely N-dealkylation sites (N-methyl/N-ethyl adjacent to an activating group) is 1. The van der Waals surface area contributed by atoms with Gasteiger partial charge in [-0.15, -0.1) is 0 Å². The molecule has 2 heterocycles. The summed E-state index contributed by atoms with van der Waals surface area (Å²) in [6.07, 6.45) is 5.41. The zero-order valence-electron chi connectivity index (χ0n) is 19.8. The molecule has 182 valence electrons. The molecule has 8 nitrogen and oxygen atoms in total. The summed E-state index contributed by atoms with van der Waals surface area (Å²) >= 11 is 0. The molecule has 0 saturated carbocycles. The maximum atomic E-state index is 12.9. The molecule has 0 bridgehead atoms. The molecule has 1 amide bonds. The molecule has 8 heteroatoms. The topological polar surface area (TPSA) is 120 Å². The van der Waals surface area contributed by atoms with Crippen LogP contribution in [0.25, 0.3) is 16.5 Å². The Balaban J connectivity index is 0.000000292. The average Bonchev–Trinajstić information content (AvgIpc) is 3.27. The molecule has 0 radical (unpaired) electrons. The number of H-pyrrole nitrogens is 1. The lowest BCUT2D eigenvalue weighted by Gasteiger charge is -2.40. The number of amides is 1. The van der Waals surface area contributed by atoms with Gasteiger partial charge in [0.25, 0.3) is 0 Å². The van der Waals surface area contributed by atoms with Crippen molar-refractivity contribution in [2.45, 2.75) is 26.3 Å². The number of hydrogen-bond acceptors (Lipinski definition) is 6. The molecule has 1 aromatic heterocycles. The van der Waals surface area contributed by atoms with E-state index in [9.17, 15) is 4.79 Å². The highest BCUT2D eigenvalue weighted by atomic mass is 16.3. The summed E-state index contributed by atoms with van der Waals surface area (Å²) in [6.45, 7) is 4.84. The molecule has 5 N–H and O–H groups in total. The van der Waals surface area contributed by atoms with E-state index in [4.69, 9.17) is 20.4 Å². The first-order valence-electron chi connectivity index (χ1n) is 11.6. The SMILES string of the molecule is CCN(CC)C(=O)[C@@H]1C=C2c3cccc4[nH]cc(c34)C[C@H]2N(C)C1.OCC(CO)(CO)CO. The highest BCUT2D eigenvalue weighted by Gasteiger charge is 2.36. The molecule has 2 atom stereocenters. The van der Waals surface area contributed by atoms with Crippen molar-refractivity contribution < 1.29 is 25.2 Å². The molecule has 0 fully saturated rings. The van der Waals surface area contributed by atoms with Crippen molar-refractivity contribution in [2.24, 2.45) is 11.3 Å². The molecule has 0 unspecified atom stereocenters. The largest absolute Gasteiger partial charge is 0.396 e. The summed E-state index contributed by atoms with van der Waals surface area (Å²) in [4.78, 5) is 20.6. The van der Waals surface area contributed by atoms with Crippen LogP contribution < -0.4 is 0 Å². The predicted molar refractivity (Wildman–Crippen MR) is 129 cm³/mol. The zero-order chi connectivity index (χ0) is 24.2. The maximum absolute atomic E-state index is 12.9. The van der Waals surface area contributed by atoms with E-state index < -0.39 is 31.8 Å². The van der Waals surface area contributed by atoms with Gasteiger partial charge in [-0.2, -0.15) is 0 Å². The number of aliphatic hydroxyl groups is 4. The van der Waals surface area contributed by atoms with E-state index in [1.807, 2.05) is 4.90 Å². The lowest BCUT2D eigenvalue weighted by molar-refractivity contribution is -0.134. The van der Waals surface area contributed by atoms with Gasteiger partial charge in [-0.1, -0.05) is 18.2 Å². The Bertz CT molecular complexity index is 960. The van der Waals surface area contributed by atoms with Crippen molar-refractivity contribution in [2.75, 3.05) is 53.1 Å². The van der Waals surface area contributed by atoms with Gasteiger partial charge in [-0.3, -0.25) is 9.69 Å². The van der Waals surface area contributed by atoms with Crippen LogP contribution >= 0.6 is 0 Å². The van der Waals surface area contributed by atoms with Gasteiger partial charge in [0.05, 0.1) is 37.8 Å². The Labute approximate surface area is 195 Å². The van der Waals surface area contributed by atoms with Gasteiger partial charge in [0, 0.05) is 42.8 Å². The van der Waals surface area contributed by atoms with Crippen molar-refractivity contribution in [1.82, 2.24) is 14.8 Å². The molecular weight excluding hydrogens is 422 g/mol. The van der Waals surface area contributed by atoms with Crippen molar-refractivity contribution in [3.8, 4) is 0 Å². The molecule has 1 aromatic carbocycles. The Hall–Kier alpha value is -2.23. The van der Waals surface area contributed by atoms with Crippen molar-refractivity contribution in [3.63, 3.8) is 0 Å². The fourth-order valence-electron chi connectivity index (χ4n) is 4.68. The van der Waals surface area contributed by atoms with Gasteiger partial charge in [-0.25, -0.2) is 0 Å². The van der Waals surface area contributed by atoms with E-state index in [2.05, 4.69) is 61.3 Å². The highest BCUT2D eigenvalue weighted by Crippen LogP contribution is 2.40. The fraction of sp³-hybridized carbons (Fsp3) is 0.560. The molecule has 2 aliphatic rings. The number of aromatic amines is 1. The van der Waals surface area contributed by atoms with Gasteiger partial charge in [0.15, 0.2) is 0 Å². The van der Waals surface area contributed by atoms with Crippen LogP contribution in [0.2, 0.25) is 0 Å². The Morgan fingerprint density at radius 1 is 1.12 bits per heavy atom. The highest BCUT2D eigenvalue weighted by molar-refractivity contribution is 5.99. The maximum Gasteiger partial charge on any atom is 0.230 e. The Kier molecular flexibility index (Phi) is 8.31. The standard InChI is InChI=1S/C20H25N3O.C5H12O4/c1-4-23(5-2)20(24)14-9-16-15-7-6-8-17-19(15)13(11-21-17)10-18(16)22(3)12-14;6-1-5(2-7,3-8)4-9/h6-9,11,14,18,21H,4-5,10,12H2,1-3H3;6-9H,1-4H2/t14-,18-;/m1./s1. The van der Waals surface area contributed by atoms with Gasteiger partial charge >= 0.3 is 0 Å². The second-order valence-corrected chi connectivity index (χ2v) is 9.07. The number of nitrogens with one attached hydrogen (secondary N) is 1. The summed E-state index contributed by atoms with van der Waals surface area (Å²) in [7, 11) is 2.15. The van der Waals surface area contributed by atoms with Crippen LogP contribution in [0, 0.1) is 11.3 Å². The van der Waals surface area contributed by atoms with E-state index in [1.165, 1.54) is 27.6 Å². The number of fused-ring (bicyclic) bond motifs is 2. The zero-order valence-corrected chi connectivity index (χ0v) is 19.8. The van der Waals surface area contributed by atoms with Gasteiger partial charge in [-0.05, 0) is 50.1 Å². The van der Waals surface area contributed by atoms with Gasteiger partial charge in [0.2, 0.25) is 5.91 Å². The summed E-state index contributed by atoms with van der Waals surface area (Å²) in [5.74, 6) is 0.210. The first kappa shape index (κ1) is 25.4. The second-order valence-electron chi connectivity index (χ2n) is 9.07. The Morgan fingerprint density at radius 3 is 2.30 bits per heavy atom. The number of carbonyl (C=O) groups is 1. The predicted octanol–water partition coefficient (Wildman–Crippen LogP) is 0.848. The monoisotopic (exact) mass is 459 g/mol. The second kappa shape index (κ2) is 10.8. The normalized spacial score (nSPS) is 20.0. The number of aromatic nitrogens is 1. The van der Waals surface area contributed by atoms with Gasteiger partial charge < -0.3 is 30.3 Å². The fourth-order valence-corrected chi connectivity index (χ4v) is 4.68. The number of nitrogens with zero attached hydrogens (tertiary/aromatic N) is 2. The molecular formula is C25H37N3O5. The molecule has 1 aliphatic carbocycles. The molecule has 2 aromatic rings. The smallest absolute Gasteiger partial charge is 0.230 e. The number of aliphatic hydroxyl groups excluding tert-OH is 4. The van der Waals surface area contributed by atoms with E-state index >= 15 is 0 Å². The van der Waals surface area contributed by atoms with Crippen LogP contribution in [0.5, 0.6) is 0 Å². The number of rotatable bonds is 7. The van der Waals surface area contributed by atoms with E-state index in [0.717, 1.165) is 26.1 Å². The minimum Gasteiger partial charge on any atom is -0.396 e. The Morgan fingerprint density at radius 2 is 1.76 bits per heavy atom. The minimum absolute atomic E-state index is 0.0445. The third-order valence-electron chi connectivity index (χ3n) is 7.00. The number of carbonyl (C=O) groups excluding carboxylic acids is 1. The van der Waals surface area contributed by atoms with Crippen molar-refractivity contribution >= 4 is 22.4 Å². The van der Waals surface area contributed by atoms with E-state index in [-0.39, 0.29) is 11.8 Å². The summed E-state index contributed by atoms with van der Waals surface area (Å²) in [5, 5.41) is 35.3. The third kappa shape index (κ3) is 4.85. The van der Waals surface area contributed by atoms with Gasteiger partial charge in [0.1, 0.15) is 0 Å². The lowest BCUT2D eigenvalue weighted by Crippen LogP contribution is -2.47. The lowest BCUT2D eigenvalue weighted by atomic mass is 9.79. The van der Waals surface area contributed by atoms with Crippen LogP contribution in [0.4, 0.5) is 0 Å². The van der Waals surface area contributed by atoms with Crippen LogP contribution in [-0.2, 0) is 11.2 Å². The quantitative estimate of drug-likeness (QED) is 0.419. The molecule has 33 heavy (non-hydrogen) atoms. The molecule has 0 spiro atoms. The first-order chi connectivity index (χ1) is 15.9. The number of benzene rings is 1. The van der Waals surface area contributed by atoms with Crippen molar-refractivity contribution in [3.05, 3.63) is 41.6 Å². The third-order valence-corrected chi connectivity index (χ3v) is 7.00. The average molecular weight is 460 g/mol.